The van der Waals surface area contributed by atoms with Gasteiger partial charge in [0, 0.05) is 28.0 Å². The normalized spacial score (nSPS) is 18.5. The number of nitrogens with two attached hydrogens (primary N) is 1. The lowest BCUT2D eigenvalue weighted by molar-refractivity contribution is -0.120. The van der Waals surface area contributed by atoms with Gasteiger partial charge in [-0.25, -0.2) is 4.99 Å². The molecular formula is C18H22BrN5O2. The Bertz CT molecular complexity index is 799. The summed E-state index contributed by atoms with van der Waals surface area (Å²) in [6.07, 6.45) is 3.37. The molecule has 1 aromatic rings. The number of amides is 2. The van der Waals surface area contributed by atoms with Crippen LogP contribution in [0.5, 0.6) is 0 Å². The van der Waals surface area contributed by atoms with Gasteiger partial charge in [-0.05, 0) is 50.5 Å². The topological polar surface area (TPSA) is 100 Å². The van der Waals surface area contributed by atoms with Gasteiger partial charge in [0.05, 0.1) is 0 Å². The summed E-state index contributed by atoms with van der Waals surface area (Å²) in [5.41, 5.74) is 7.42. The number of halogens is 1. The first-order valence-electron chi connectivity index (χ1n) is 8.55. The number of rotatable bonds is 4. The van der Waals surface area contributed by atoms with Crippen molar-refractivity contribution in [3.05, 3.63) is 33.8 Å². The van der Waals surface area contributed by atoms with Crippen molar-refractivity contribution in [2.45, 2.75) is 38.1 Å². The van der Waals surface area contributed by atoms with Gasteiger partial charge in [0.25, 0.3) is 5.91 Å². The minimum atomic E-state index is -0.367. The molecule has 3 rings (SSSR count). The van der Waals surface area contributed by atoms with Crippen molar-refractivity contribution in [2.75, 3.05) is 13.1 Å². The van der Waals surface area contributed by atoms with Crippen LogP contribution in [0.2, 0.25) is 0 Å². The van der Waals surface area contributed by atoms with Gasteiger partial charge in [0.1, 0.15) is 12.9 Å². The highest BCUT2D eigenvalue weighted by Gasteiger charge is 2.51. The summed E-state index contributed by atoms with van der Waals surface area (Å²) in [6, 6.07) is 5.80. The molecule has 0 bridgehead atoms. The van der Waals surface area contributed by atoms with Crippen LogP contribution >= 0.6 is 15.9 Å². The Morgan fingerprint density at radius 1 is 1.46 bits per heavy atom. The molecule has 0 atom stereocenters. The number of aliphatic imine (C=N–C) groups is 2. The number of hydrogen-bond acceptors (Lipinski definition) is 3. The van der Waals surface area contributed by atoms with Crippen LogP contribution in [0, 0.1) is 0 Å². The third kappa shape index (κ3) is 3.95. The number of carbonyl (C=O) groups excluding carboxylic acids is 2. The van der Waals surface area contributed by atoms with Crippen molar-refractivity contribution in [1.82, 2.24) is 10.2 Å². The highest BCUT2D eigenvalue weighted by Crippen LogP contribution is 2.52. The van der Waals surface area contributed by atoms with Crippen LogP contribution in [0.4, 0.5) is 0 Å². The summed E-state index contributed by atoms with van der Waals surface area (Å²) >= 11 is 3.48. The lowest BCUT2D eigenvalue weighted by atomic mass is 9.86. The van der Waals surface area contributed by atoms with Crippen molar-refractivity contribution in [1.29, 1.82) is 0 Å². The predicted octanol–water partition coefficient (Wildman–Crippen LogP) is 1.80. The maximum Gasteiger partial charge on any atom is 0.254 e. The molecule has 1 spiro atoms. The monoisotopic (exact) mass is 419 g/mol. The highest BCUT2D eigenvalue weighted by molar-refractivity contribution is 9.10. The fourth-order valence-electron chi connectivity index (χ4n) is 3.16. The molecule has 0 unspecified atom stereocenters. The molecule has 0 aromatic heterocycles. The summed E-state index contributed by atoms with van der Waals surface area (Å²) < 4.78 is 0.966. The molecule has 2 aliphatic rings. The summed E-state index contributed by atoms with van der Waals surface area (Å²) in [5.74, 6) is -0.528. The molecule has 8 heteroatoms. The highest BCUT2D eigenvalue weighted by atomic mass is 79.9. The number of nitrogens with zero attached hydrogens (tertiary/aromatic N) is 3. The third-order valence-corrected chi connectivity index (χ3v) is 5.07. The zero-order valence-corrected chi connectivity index (χ0v) is 16.4. The number of nitrogens with one attached hydrogen (secondary N) is 1. The molecule has 3 N–H and O–H groups in total. The lowest BCUT2D eigenvalue weighted by Crippen LogP contribution is -2.49. The fraction of sp³-hybridized carbons (Fsp3) is 0.444. The van der Waals surface area contributed by atoms with E-state index in [2.05, 4.69) is 31.2 Å². The zero-order valence-electron chi connectivity index (χ0n) is 14.8. The van der Waals surface area contributed by atoms with E-state index in [-0.39, 0.29) is 35.8 Å². The maximum atomic E-state index is 12.8. The average molecular weight is 420 g/mol. The van der Waals surface area contributed by atoms with Crippen LogP contribution < -0.4 is 11.1 Å². The minimum absolute atomic E-state index is 0.0170. The minimum Gasteiger partial charge on any atom is -0.369 e. The third-order valence-electron chi connectivity index (χ3n) is 4.58. The SMILES string of the molecule is CC(C)N=CN=C(N)NC(=O)CN1CC2(CC2)c2cc(Br)ccc2C1=O. The maximum absolute atomic E-state index is 12.8. The van der Waals surface area contributed by atoms with Gasteiger partial charge in [-0.3, -0.25) is 19.9 Å². The second kappa shape index (κ2) is 7.19. The summed E-state index contributed by atoms with van der Waals surface area (Å²) in [7, 11) is 0. The van der Waals surface area contributed by atoms with E-state index in [1.54, 1.807) is 4.90 Å². The lowest BCUT2D eigenvalue weighted by Gasteiger charge is -2.34. The van der Waals surface area contributed by atoms with E-state index in [1.807, 2.05) is 32.0 Å². The van der Waals surface area contributed by atoms with Gasteiger partial charge in [0.2, 0.25) is 11.9 Å². The van der Waals surface area contributed by atoms with E-state index >= 15 is 0 Å². The number of carbonyl (C=O) groups is 2. The van der Waals surface area contributed by atoms with Crippen LogP contribution in [0.25, 0.3) is 0 Å². The second-order valence-electron chi connectivity index (χ2n) is 7.05. The number of benzene rings is 1. The van der Waals surface area contributed by atoms with Gasteiger partial charge in [-0.15, -0.1) is 0 Å². The van der Waals surface area contributed by atoms with Crippen LogP contribution in [0.3, 0.4) is 0 Å². The van der Waals surface area contributed by atoms with Crippen LogP contribution in [0.1, 0.15) is 42.6 Å². The van der Waals surface area contributed by atoms with Crippen LogP contribution in [0.15, 0.2) is 32.7 Å². The summed E-state index contributed by atoms with van der Waals surface area (Å²) in [4.78, 5) is 34.5. The van der Waals surface area contributed by atoms with Crippen molar-refractivity contribution >= 4 is 40.0 Å². The zero-order chi connectivity index (χ0) is 18.9. The van der Waals surface area contributed by atoms with E-state index in [9.17, 15) is 9.59 Å². The molecular weight excluding hydrogens is 398 g/mol. The van der Waals surface area contributed by atoms with E-state index in [0.29, 0.717) is 12.1 Å². The fourth-order valence-corrected chi connectivity index (χ4v) is 3.52. The molecule has 7 nitrogen and oxygen atoms in total. The molecule has 0 saturated heterocycles. The summed E-state index contributed by atoms with van der Waals surface area (Å²) in [6.45, 7) is 4.32. The standard InChI is InChI=1S/C18H22BrN5O2/c1-11(2)21-10-22-17(20)23-15(25)8-24-9-18(5-6-18)14-7-12(19)3-4-13(14)16(24)26/h3-4,7,10-11H,5-6,8-9H2,1-2H3,(H3,20,21,22,23,25). The van der Waals surface area contributed by atoms with Gasteiger partial charge in [-0.2, -0.15) is 0 Å². The predicted molar refractivity (Wildman–Crippen MR) is 104 cm³/mol. The van der Waals surface area contributed by atoms with Crippen LogP contribution in [-0.2, 0) is 10.2 Å². The molecule has 1 aromatic carbocycles. The molecule has 1 saturated carbocycles. The molecule has 1 aliphatic heterocycles. The second-order valence-corrected chi connectivity index (χ2v) is 7.97. The first-order valence-corrected chi connectivity index (χ1v) is 9.34. The van der Waals surface area contributed by atoms with E-state index in [4.69, 9.17) is 5.73 Å². The summed E-state index contributed by atoms with van der Waals surface area (Å²) in [5, 5.41) is 2.50. The van der Waals surface area contributed by atoms with Gasteiger partial charge < -0.3 is 10.6 Å². The Morgan fingerprint density at radius 3 is 2.85 bits per heavy atom. The smallest absolute Gasteiger partial charge is 0.254 e. The number of hydrogen-bond donors (Lipinski definition) is 2. The average Bonchev–Trinajstić information content (AvgIpc) is 3.32. The Hall–Kier alpha value is -2.22. The molecule has 2 amide bonds. The first-order chi connectivity index (χ1) is 12.3. The number of guanidine groups is 1. The Balaban J connectivity index is 1.68. The van der Waals surface area contributed by atoms with Gasteiger partial charge in [-0.1, -0.05) is 15.9 Å². The molecule has 1 fully saturated rings. The Morgan fingerprint density at radius 2 is 2.19 bits per heavy atom. The molecule has 1 aliphatic carbocycles. The number of fused-ring (bicyclic) bond motifs is 2. The van der Waals surface area contributed by atoms with E-state index in [1.165, 1.54) is 6.34 Å². The van der Waals surface area contributed by atoms with Crippen molar-refractivity contribution in [3.8, 4) is 0 Å². The molecule has 1 heterocycles. The first kappa shape index (κ1) is 18.6. The van der Waals surface area contributed by atoms with Crippen molar-refractivity contribution in [3.63, 3.8) is 0 Å². The van der Waals surface area contributed by atoms with E-state index < -0.39 is 0 Å². The van der Waals surface area contributed by atoms with E-state index in [0.717, 1.165) is 22.9 Å². The largest absolute Gasteiger partial charge is 0.369 e. The quantitative estimate of drug-likeness (QED) is 0.574. The van der Waals surface area contributed by atoms with Gasteiger partial charge in [0.15, 0.2) is 0 Å². The Labute approximate surface area is 160 Å². The van der Waals surface area contributed by atoms with Crippen molar-refractivity contribution < 1.29 is 9.59 Å². The van der Waals surface area contributed by atoms with Gasteiger partial charge >= 0.3 is 0 Å². The Kier molecular flexibility index (Phi) is 5.13. The van der Waals surface area contributed by atoms with Crippen molar-refractivity contribution in [2.24, 2.45) is 15.7 Å². The molecule has 0 radical (unpaired) electrons. The molecule has 138 valence electrons. The van der Waals surface area contributed by atoms with Crippen LogP contribution in [-0.4, -0.2) is 48.1 Å². The molecule has 26 heavy (non-hydrogen) atoms.